The van der Waals surface area contributed by atoms with Crippen molar-refractivity contribution in [3.8, 4) is 5.75 Å². The van der Waals surface area contributed by atoms with E-state index in [0.717, 1.165) is 6.42 Å². The lowest BCUT2D eigenvalue weighted by atomic mass is 10.0. The zero-order chi connectivity index (χ0) is 18.3. The fraction of sp³-hybridized carbons (Fsp3) is 0.333. The van der Waals surface area contributed by atoms with Crippen LogP contribution in [0.3, 0.4) is 0 Å². The van der Waals surface area contributed by atoms with E-state index in [-0.39, 0.29) is 17.9 Å². The molecule has 0 spiro atoms. The van der Waals surface area contributed by atoms with Gasteiger partial charge in [-0.25, -0.2) is 0 Å². The molecule has 0 bridgehead atoms. The first-order valence-electron chi connectivity index (χ1n) is 8.98. The van der Waals surface area contributed by atoms with Crippen LogP contribution in [-0.4, -0.2) is 25.0 Å². The quantitative estimate of drug-likeness (QED) is 0.875. The van der Waals surface area contributed by atoms with Crippen molar-refractivity contribution in [2.24, 2.45) is 5.92 Å². The molecule has 2 aliphatic rings. The van der Waals surface area contributed by atoms with Crippen molar-refractivity contribution in [2.75, 3.05) is 13.2 Å². The summed E-state index contributed by atoms with van der Waals surface area (Å²) >= 11 is 0. The Morgan fingerprint density at radius 3 is 2.92 bits per heavy atom. The second-order valence-corrected chi connectivity index (χ2v) is 7.15. The minimum atomic E-state index is -0.206. The van der Waals surface area contributed by atoms with Gasteiger partial charge in [0.2, 0.25) is 0 Å². The second-order valence-electron chi connectivity index (χ2n) is 7.15. The highest BCUT2D eigenvalue weighted by molar-refractivity contribution is 6.01. The number of carbonyl (C=O) groups excluding carboxylic acids is 2. The molecule has 2 aromatic rings. The molecule has 2 amide bonds. The number of hydrogen-bond donors (Lipinski definition) is 2. The van der Waals surface area contributed by atoms with Crippen LogP contribution in [0.4, 0.5) is 0 Å². The largest absolute Gasteiger partial charge is 0.491 e. The fourth-order valence-corrected chi connectivity index (χ4v) is 3.80. The Balaban J connectivity index is 1.60. The van der Waals surface area contributed by atoms with Gasteiger partial charge >= 0.3 is 0 Å². The van der Waals surface area contributed by atoms with E-state index in [2.05, 4.69) is 42.7 Å². The van der Waals surface area contributed by atoms with E-state index >= 15 is 0 Å². The minimum Gasteiger partial charge on any atom is -0.491 e. The summed E-state index contributed by atoms with van der Waals surface area (Å²) in [5, 5.41) is 5.92. The summed E-state index contributed by atoms with van der Waals surface area (Å²) in [6.07, 6.45) is 0.959. The molecule has 0 saturated heterocycles. The molecule has 2 atom stereocenters. The molecule has 134 valence electrons. The van der Waals surface area contributed by atoms with E-state index in [1.807, 2.05) is 0 Å². The van der Waals surface area contributed by atoms with E-state index in [1.54, 1.807) is 18.2 Å². The highest BCUT2D eigenvalue weighted by Crippen LogP contribution is 2.36. The van der Waals surface area contributed by atoms with E-state index in [9.17, 15) is 9.59 Å². The third-order valence-corrected chi connectivity index (χ3v) is 5.17. The van der Waals surface area contributed by atoms with E-state index in [1.165, 1.54) is 16.7 Å². The molecule has 1 aliphatic carbocycles. The summed E-state index contributed by atoms with van der Waals surface area (Å²) in [7, 11) is 0. The minimum absolute atomic E-state index is 0.0127. The highest BCUT2D eigenvalue weighted by Gasteiger charge is 2.31. The third-order valence-electron chi connectivity index (χ3n) is 5.17. The zero-order valence-electron chi connectivity index (χ0n) is 15.0. The Morgan fingerprint density at radius 1 is 1.23 bits per heavy atom. The summed E-state index contributed by atoms with van der Waals surface area (Å²) in [4.78, 5) is 25.0. The number of fused-ring (bicyclic) bond motifs is 2. The van der Waals surface area contributed by atoms with Gasteiger partial charge in [-0.3, -0.25) is 9.59 Å². The fourth-order valence-electron chi connectivity index (χ4n) is 3.80. The van der Waals surface area contributed by atoms with Crippen molar-refractivity contribution in [1.29, 1.82) is 0 Å². The van der Waals surface area contributed by atoms with Gasteiger partial charge in [0.05, 0.1) is 18.2 Å². The Morgan fingerprint density at radius 2 is 2.08 bits per heavy atom. The molecule has 26 heavy (non-hydrogen) atoms. The standard InChI is InChI=1S/C21H22N2O3/c1-12-3-4-14-10-13(2)19(16(14)9-12)23-20(24)15-5-6-18-17(11-15)21(25)22-7-8-26-18/h3-6,9,11,13,19H,7-8,10H2,1-2H3,(H,22,25)(H,23,24)/t13-,19+/m0/s1. The molecular formula is C21H22N2O3. The van der Waals surface area contributed by atoms with Crippen LogP contribution in [0.1, 0.15) is 50.4 Å². The summed E-state index contributed by atoms with van der Waals surface area (Å²) in [6.45, 7) is 5.11. The normalized spacial score (nSPS) is 21.1. The maximum atomic E-state index is 12.8. The van der Waals surface area contributed by atoms with Gasteiger partial charge in [-0.2, -0.15) is 0 Å². The highest BCUT2D eigenvalue weighted by atomic mass is 16.5. The second kappa shape index (κ2) is 6.48. The van der Waals surface area contributed by atoms with Crippen molar-refractivity contribution in [2.45, 2.75) is 26.3 Å². The maximum absolute atomic E-state index is 12.8. The SMILES string of the molecule is Cc1ccc2c(c1)[C@H](NC(=O)c1ccc3c(c1)C(=O)NCCO3)[C@@H](C)C2. The molecular weight excluding hydrogens is 328 g/mol. The number of rotatable bonds is 2. The van der Waals surface area contributed by atoms with Crippen LogP contribution in [0.5, 0.6) is 5.75 Å². The number of benzene rings is 2. The maximum Gasteiger partial charge on any atom is 0.255 e. The molecule has 1 aliphatic heterocycles. The Hall–Kier alpha value is -2.82. The molecule has 0 saturated carbocycles. The van der Waals surface area contributed by atoms with Crippen LogP contribution in [-0.2, 0) is 6.42 Å². The molecule has 2 aromatic carbocycles. The predicted molar refractivity (Wildman–Crippen MR) is 98.5 cm³/mol. The number of nitrogens with one attached hydrogen (secondary N) is 2. The zero-order valence-corrected chi connectivity index (χ0v) is 15.0. The van der Waals surface area contributed by atoms with Gasteiger partial charge in [0.25, 0.3) is 11.8 Å². The lowest BCUT2D eigenvalue weighted by molar-refractivity contribution is 0.0927. The number of carbonyl (C=O) groups is 2. The topological polar surface area (TPSA) is 67.4 Å². The van der Waals surface area contributed by atoms with Crippen LogP contribution in [0.25, 0.3) is 0 Å². The van der Waals surface area contributed by atoms with E-state index in [0.29, 0.717) is 35.9 Å². The monoisotopic (exact) mass is 350 g/mol. The Labute approximate surface area is 152 Å². The smallest absolute Gasteiger partial charge is 0.255 e. The van der Waals surface area contributed by atoms with Crippen molar-refractivity contribution < 1.29 is 14.3 Å². The van der Waals surface area contributed by atoms with Crippen molar-refractivity contribution in [3.05, 3.63) is 64.2 Å². The summed E-state index contributed by atoms with van der Waals surface area (Å²) in [5.74, 6) is 0.480. The van der Waals surface area contributed by atoms with Gasteiger partial charge < -0.3 is 15.4 Å². The summed E-state index contributed by atoms with van der Waals surface area (Å²) in [5.41, 5.74) is 4.56. The van der Waals surface area contributed by atoms with Crippen LogP contribution in [0, 0.1) is 12.8 Å². The molecule has 0 radical (unpaired) electrons. The molecule has 4 rings (SSSR count). The van der Waals surface area contributed by atoms with Crippen molar-refractivity contribution in [3.63, 3.8) is 0 Å². The van der Waals surface area contributed by atoms with Gasteiger partial charge in [0.1, 0.15) is 12.4 Å². The first-order chi connectivity index (χ1) is 12.5. The van der Waals surface area contributed by atoms with Gasteiger partial charge in [-0.15, -0.1) is 0 Å². The Kier molecular flexibility index (Phi) is 4.15. The first-order valence-corrected chi connectivity index (χ1v) is 8.98. The number of amides is 2. The number of aryl methyl sites for hydroxylation is 1. The van der Waals surface area contributed by atoms with Crippen LogP contribution in [0.2, 0.25) is 0 Å². The van der Waals surface area contributed by atoms with Gasteiger partial charge in [0, 0.05) is 5.56 Å². The number of ether oxygens (including phenoxy) is 1. The van der Waals surface area contributed by atoms with Gasteiger partial charge in [0.15, 0.2) is 0 Å². The molecule has 2 N–H and O–H groups in total. The lowest BCUT2D eigenvalue weighted by Gasteiger charge is -2.19. The van der Waals surface area contributed by atoms with E-state index in [4.69, 9.17) is 4.74 Å². The molecule has 0 fully saturated rings. The van der Waals surface area contributed by atoms with Gasteiger partial charge in [-0.05, 0) is 48.6 Å². The van der Waals surface area contributed by atoms with Crippen LogP contribution >= 0.6 is 0 Å². The number of hydrogen-bond acceptors (Lipinski definition) is 3. The van der Waals surface area contributed by atoms with Crippen LogP contribution < -0.4 is 15.4 Å². The molecule has 1 heterocycles. The molecule has 0 aromatic heterocycles. The van der Waals surface area contributed by atoms with Crippen LogP contribution in [0.15, 0.2) is 36.4 Å². The van der Waals surface area contributed by atoms with Gasteiger partial charge in [-0.1, -0.05) is 30.7 Å². The Bertz CT molecular complexity index is 891. The van der Waals surface area contributed by atoms with Crippen molar-refractivity contribution >= 4 is 11.8 Å². The summed E-state index contributed by atoms with van der Waals surface area (Å²) in [6, 6.07) is 11.4. The van der Waals surface area contributed by atoms with E-state index < -0.39 is 0 Å². The van der Waals surface area contributed by atoms with Crippen molar-refractivity contribution in [1.82, 2.24) is 10.6 Å². The first kappa shape index (κ1) is 16.6. The average molecular weight is 350 g/mol. The lowest BCUT2D eigenvalue weighted by Crippen LogP contribution is -2.31. The predicted octanol–water partition coefficient (Wildman–Crippen LogP) is 2.78. The molecule has 5 nitrogen and oxygen atoms in total. The molecule has 0 unspecified atom stereocenters. The average Bonchev–Trinajstić information content (AvgIpc) is 2.81. The third kappa shape index (κ3) is 2.94. The summed E-state index contributed by atoms with van der Waals surface area (Å²) < 4.78 is 5.55. The molecule has 5 heteroatoms.